The number of carbonyl (C=O) groups excluding carboxylic acids is 1. The van der Waals surface area contributed by atoms with Crippen molar-refractivity contribution in [3.63, 3.8) is 0 Å². The van der Waals surface area contributed by atoms with Crippen molar-refractivity contribution in [1.29, 1.82) is 0 Å². The number of likely N-dealkylation sites (tertiary alicyclic amines) is 1. The van der Waals surface area contributed by atoms with Crippen LogP contribution < -0.4 is 5.32 Å². The number of nitrogens with one attached hydrogen (secondary N) is 1. The smallest absolute Gasteiger partial charge is 0.410 e. The van der Waals surface area contributed by atoms with Gasteiger partial charge in [-0.3, -0.25) is 0 Å². The van der Waals surface area contributed by atoms with Crippen molar-refractivity contribution in [3.05, 3.63) is 0 Å². The Morgan fingerprint density at radius 2 is 1.70 bits per heavy atom. The van der Waals surface area contributed by atoms with Crippen molar-refractivity contribution in [2.75, 3.05) is 26.2 Å². The van der Waals surface area contributed by atoms with Gasteiger partial charge in [0.25, 0.3) is 11.8 Å². The first kappa shape index (κ1) is 15.3. The van der Waals surface area contributed by atoms with E-state index < -0.39 is 55.1 Å². The lowest BCUT2D eigenvalue weighted by Gasteiger charge is -2.33. The van der Waals surface area contributed by atoms with E-state index in [1.807, 2.05) is 0 Å². The number of carbonyl (C=O) groups is 1. The second kappa shape index (κ2) is 4.22. The van der Waals surface area contributed by atoms with Crippen molar-refractivity contribution in [1.82, 2.24) is 10.2 Å². The molecule has 1 atom stereocenters. The first-order chi connectivity index (χ1) is 8.90. The topological polar surface area (TPSA) is 41.6 Å². The van der Waals surface area contributed by atoms with E-state index >= 15 is 0 Å². The molecule has 0 aromatic carbocycles. The predicted molar refractivity (Wildman–Crippen MR) is 63.0 cm³/mol. The highest BCUT2D eigenvalue weighted by Crippen LogP contribution is 2.55. The van der Waals surface area contributed by atoms with Gasteiger partial charge in [-0.25, -0.2) is 22.4 Å². The summed E-state index contributed by atoms with van der Waals surface area (Å²) in [6.07, 6.45) is -0.989. The van der Waals surface area contributed by atoms with Crippen LogP contribution in [0.2, 0.25) is 0 Å². The monoisotopic (exact) mass is 298 g/mol. The van der Waals surface area contributed by atoms with Gasteiger partial charge in [-0.05, 0) is 20.8 Å². The van der Waals surface area contributed by atoms with E-state index in [1.165, 1.54) is 0 Å². The number of amides is 1. The maximum atomic E-state index is 14.1. The van der Waals surface area contributed by atoms with Crippen LogP contribution in [-0.4, -0.2) is 54.6 Å². The summed E-state index contributed by atoms with van der Waals surface area (Å²) in [6, 6.07) is 0. The summed E-state index contributed by atoms with van der Waals surface area (Å²) in [6.45, 7) is 1.67. The van der Waals surface area contributed by atoms with E-state index in [-0.39, 0.29) is 0 Å². The summed E-state index contributed by atoms with van der Waals surface area (Å²) in [4.78, 5) is 12.5. The standard InChI is InChI=1S/C12H18F4N2O2/c1-9(2,3)20-8(19)18-6-10(12(15,16)7-18)4-17-5-11(10,13)14/h17H,4-7H2,1-3H3. The van der Waals surface area contributed by atoms with Crippen LogP contribution in [-0.2, 0) is 4.74 Å². The molecule has 0 bridgehead atoms. The van der Waals surface area contributed by atoms with Crippen LogP contribution in [0.4, 0.5) is 22.4 Å². The lowest BCUT2D eigenvalue weighted by molar-refractivity contribution is -0.184. The molecule has 1 N–H and O–H groups in total. The third kappa shape index (κ3) is 2.23. The highest BCUT2D eigenvalue weighted by Gasteiger charge is 2.74. The minimum Gasteiger partial charge on any atom is -0.444 e. The van der Waals surface area contributed by atoms with E-state index in [9.17, 15) is 22.4 Å². The number of halogens is 4. The average Bonchev–Trinajstić information content (AvgIpc) is 2.65. The fourth-order valence-electron chi connectivity index (χ4n) is 2.64. The van der Waals surface area contributed by atoms with Gasteiger partial charge in [-0.15, -0.1) is 0 Å². The van der Waals surface area contributed by atoms with Gasteiger partial charge in [0.15, 0.2) is 0 Å². The summed E-state index contributed by atoms with van der Waals surface area (Å²) in [5.41, 5.74) is -3.41. The number of hydrogen-bond acceptors (Lipinski definition) is 3. The molecule has 2 heterocycles. The lowest BCUT2D eigenvalue weighted by atomic mass is 9.80. The largest absolute Gasteiger partial charge is 0.444 e. The molecule has 1 amide bonds. The number of alkyl halides is 4. The van der Waals surface area contributed by atoms with Gasteiger partial charge in [0, 0.05) is 13.1 Å². The van der Waals surface area contributed by atoms with Gasteiger partial charge in [-0.2, -0.15) is 0 Å². The quantitative estimate of drug-likeness (QED) is 0.696. The minimum atomic E-state index is -3.66. The summed E-state index contributed by atoms with van der Waals surface area (Å²) in [5, 5.41) is 2.30. The normalized spacial score (nSPS) is 31.9. The van der Waals surface area contributed by atoms with Crippen molar-refractivity contribution in [2.45, 2.75) is 38.2 Å². The second-order valence-electron chi connectivity index (χ2n) is 6.43. The zero-order chi connectivity index (χ0) is 15.4. The molecular weight excluding hydrogens is 280 g/mol. The molecule has 2 aliphatic heterocycles. The molecule has 4 nitrogen and oxygen atoms in total. The van der Waals surface area contributed by atoms with Crippen LogP contribution >= 0.6 is 0 Å². The highest BCUT2D eigenvalue weighted by molar-refractivity contribution is 5.69. The zero-order valence-electron chi connectivity index (χ0n) is 11.6. The summed E-state index contributed by atoms with van der Waals surface area (Å²) in [7, 11) is 0. The van der Waals surface area contributed by atoms with Crippen LogP contribution in [0.5, 0.6) is 0 Å². The molecule has 20 heavy (non-hydrogen) atoms. The molecule has 116 valence electrons. The average molecular weight is 298 g/mol. The third-order valence-electron chi connectivity index (χ3n) is 3.68. The first-order valence-electron chi connectivity index (χ1n) is 6.35. The van der Waals surface area contributed by atoms with Gasteiger partial charge in [0.05, 0.1) is 13.1 Å². The molecule has 0 saturated carbocycles. The summed E-state index contributed by atoms with van der Waals surface area (Å²) < 4.78 is 60.8. The molecule has 2 fully saturated rings. The fourth-order valence-corrected chi connectivity index (χ4v) is 2.64. The van der Waals surface area contributed by atoms with Crippen LogP contribution in [0.15, 0.2) is 0 Å². The van der Waals surface area contributed by atoms with E-state index in [0.29, 0.717) is 4.90 Å². The fraction of sp³-hybridized carbons (Fsp3) is 0.917. The number of ether oxygens (including phenoxy) is 1. The van der Waals surface area contributed by atoms with E-state index in [0.717, 1.165) is 0 Å². The maximum Gasteiger partial charge on any atom is 0.410 e. The molecule has 0 aromatic rings. The van der Waals surface area contributed by atoms with Crippen molar-refractivity contribution in [3.8, 4) is 0 Å². The Kier molecular flexibility index (Phi) is 3.24. The van der Waals surface area contributed by atoms with Gasteiger partial charge < -0.3 is 15.0 Å². The predicted octanol–water partition coefficient (Wildman–Crippen LogP) is 2.10. The Hall–Kier alpha value is -1.05. The number of hydrogen-bond donors (Lipinski definition) is 1. The lowest BCUT2D eigenvalue weighted by Crippen LogP contribution is -2.53. The van der Waals surface area contributed by atoms with Crippen molar-refractivity contribution >= 4 is 6.09 Å². The van der Waals surface area contributed by atoms with Crippen LogP contribution in [0.3, 0.4) is 0 Å². The molecule has 0 aliphatic carbocycles. The molecule has 8 heteroatoms. The second-order valence-corrected chi connectivity index (χ2v) is 6.43. The molecular formula is C12H18F4N2O2. The van der Waals surface area contributed by atoms with Crippen LogP contribution in [0, 0.1) is 5.41 Å². The highest BCUT2D eigenvalue weighted by atomic mass is 19.3. The molecule has 0 radical (unpaired) electrons. The maximum absolute atomic E-state index is 14.1. The Morgan fingerprint density at radius 3 is 2.15 bits per heavy atom. The SMILES string of the molecule is CC(C)(C)OC(=O)N1CC(F)(F)C2(CNCC2(F)F)C1. The molecule has 2 saturated heterocycles. The zero-order valence-corrected chi connectivity index (χ0v) is 11.6. The van der Waals surface area contributed by atoms with Crippen LogP contribution in [0.25, 0.3) is 0 Å². The van der Waals surface area contributed by atoms with E-state index in [4.69, 9.17) is 4.74 Å². The molecule has 2 aliphatic rings. The van der Waals surface area contributed by atoms with Crippen molar-refractivity contribution < 1.29 is 27.1 Å². The summed E-state index contributed by atoms with van der Waals surface area (Å²) >= 11 is 0. The molecule has 0 aromatic heterocycles. The van der Waals surface area contributed by atoms with Gasteiger partial charge in [0.1, 0.15) is 11.0 Å². The van der Waals surface area contributed by atoms with Gasteiger partial charge in [-0.1, -0.05) is 0 Å². The Balaban J connectivity index is 2.22. The first-order valence-corrected chi connectivity index (χ1v) is 6.35. The minimum absolute atomic E-state index is 0.522. The molecule has 1 spiro atoms. The van der Waals surface area contributed by atoms with Crippen molar-refractivity contribution in [2.24, 2.45) is 5.41 Å². The Bertz CT molecular complexity index is 422. The number of nitrogens with zero attached hydrogens (tertiary/aromatic N) is 1. The third-order valence-corrected chi connectivity index (χ3v) is 3.68. The number of rotatable bonds is 0. The van der Waals surface area contributed by atoms with E-state index in [2.05, 4.69) is 5.32 Å². The Labute approximate surface area is 114 Å². The van der Waals surface area contributed by atoms with Gasteiger partial charge >= 0.3 is 6.09 Å². The van der Waals surface area contributed by atoms with E-state index in [1.54, 1.807) is 20.8 Å². The summed E-state index contributed by atoms with van der Waals surface area (Å²) in [5.74, 6) is -7.22. The molecule has 1 unspecified atom stereocenters. The molecule has 2 rings (SSSR count). The Morgan fingerprint density at radius 1 is 1.10 bits per heavy atom. The van der Waals surface area contributed by atoms with Crippen LogP contribution in [0.1, 0.15) is 20.8 Å². The van der Waals surface area contributed by atoms with Gasteiger partial charge in [0.2, 0.25) is 0 Å².